The number of amides is 2. The zero-order valence-electron chi connectivity index (χ0n) is 14.3. The maximum absolute atomic E-state index is 14.5. The summed E-state index contributed by atoms with van der Waals surface area (Å²) in [5.41, 5.74) is 2.16. The molecule has 1 N–H and O–H groups in total. The summed E-state index contributed by atoms with van der Waals surface area (Å²) in [6, 6.07) is 6.39. The third kappa shape index (κ3) is 3.68. The standard InChI is InChI=1S/C19H20FN3O2/c1-12(2)23(11-13-4-3-7-21-10-13)19(25)15-8-14-5-6-18(24)22-17(14)9-16(15)20/h3-4,7-10,12H,5-6,11H2,1-2H3,(H,22,24). The second-order valence-electron chi connectivity index (χ2n) is 6.43. The largest absolute Gasteiger partial charge is 0.332 e. The van der Waals surface area contributed by atoms with Gasteiger partial charge in [0.25, 0.3) is 5.91 Å². The minimum Gasteiger partial charge on any atom is -0.332 e. The average Bonchev–Trinajstić information content (AvgIpc) is 2.59. The van der Waals surface area contributed by atoms with E-state index in [1.807, 2.05) is 19.9 Å². The lowest BCUT2D eigenvalue weighted by Crippen LogP contribution is -2.37. The van der Waals surface area contributed by atoms with Crippen molar-refractivity contribution in [2.45, 2.75) is 39.3 Å². The fraction of sp³-hybridized carbons (Fsp3) is 0.316. The number of halogens is 1. The highest BCUT2D eigenvalue weighted by Gasteiger charge is 2.25. The van der Waals surface area contributed by atoms with Crippen molar-refractivity contribution < 1.29 is 14.0 Å². The SMILES string of the molecule is CC(C)N(Cc1cccnc1)C(=O)c1cc2c(cc1F)NC(=O)CC2. The fourth-order valence-corrected chi connectivity index (χ4v) is 2.90. The molecule has 0 spiro atoms. The van der Waals surface area contributed by atoms with E-state index >= 15 is 0 Å². The molecule has 3 rings (SSSR count). The monoisotopic (exact) mass is 341 g/mol. The van der Waals surface area contributed by atoms with Crippen molar-refractivity contribution in [1.29, 1.82) is 0 Å². The van der Waals surface area contributed by atoms with E-state index in [-0.39, 0.29) is 23.4 Å². The van der Waals surface area contributed by atoms with Gasteiger partial charge in [-0.15, -0.1) is 0 Å². The van der Waals surface area contributed by atoms with E-state index in [1.54, 1.807) is 29.4 Å². The van der Waals surface area contributed by atoms with Gasteiger partial charge < -0.3 is 10.2 Å². The second-order valence-corrected chi connectivity index (χ2v) is 6.43. The molecule has 2 amide bonds. The Kier molecular flexibility index (Phi) is 4.79. The average molecular weight is 341 g/mol. The fourth-order valence-electron chi connectivity index (χ4n) is 2.90. The van der Waals surface area contributed by atoms with Gasteiger partial charge in [-0.2, -0.15) is 0 Å². The van der Waals surface area contributed by atoms with Crippen molar-refractivity contribution in [3.05, 3.63) is 59.2 Å². The number of anilines is 1. The second kappa shape index (κ2) is 7.01. The Balaban J connectivity index is 1.91. The Morgan fingerprint density at radius 3 is 2.84 bits per heavy atom. The highest BCUT2D eigenvalue weighted by molar-refractivity contribution is 5.98. The number of nitrogens with zero attached hydrogens (tertiary/aromatic N) is 2. The Labute approximate surface area is 145 Å². The van der Waals surface area contributed by atoms with Crippen LogP contribution in [0.15, 0.2) is 36.7 Å². The summed E-state index contributed by atoms with van der Waals surface area (Å²) in [6.07, 6.45) is 4.21. The molecule has 130 valence electrons. The number of hydrogen-bond donors (Lipinski definition) is 1. The molecule has 1 aromatic carbocycles. The molecular formula is C19H20FN3O2. The molecular weight excluding hydrogens is 321 g/mol. The van der Waals surface area contributed by atoms with Gasteiger partial charge in [0.2, 0.25) is 5.91 Å². The Hall–Kier alpha value is -2.76. The quantitative estimate of drug-likeness (QED) is 0.929. The number of aryl methyl sites for hydroxylation is 1. The molecule has 1 aliphatic rings. The van der Waals surface area contributed by atoms with E-state index in [1.165, 1.54) is 6.07 Å². The first-order valence-electron chi connectivity index (χ1n) is 8.28. The first-order valence-corrected chi connectivity index (χ1v) is 8.28. The minimum absolute atomic E-state index is 0.0347. The Morgan fingerprint density at radius 1 is 1.36 bits per heavy atom. The van der Waals surface area contributed by atoms with Crippen LogP contribution in [0.1, 0.15) is 41.8 Å². The van der Waals surface area contributed by atoms with Gasteiger partial charge >= 0.3 is 0 Å². The number of benzene rings is 1. The highest BCUT2D eigenvalue weighted by atomic mass is 19.1. The molecule has 2 heterocycles. The summed E-state index contributed by atoms with van der Waals surface area (Å²) in [4.78, 5) is 30.1. The predicted molar refractivity (Wildman–Crippen MR) is 92.6 cm³/mol. The first kappa shape index (κ1) is 17.1. The van der Waals surface area contributed by atoms with Crippen LogP contribution >= 0.6 is 0 Å². The maximum Gasteiger partial charge on any atom is 0.257 e. The van der Waals surface area contributed by atoms with Crippen molar-refractivity contribution in [2.75, 3.05) is 5.32 Å². The van der Waals surface area contributed by atoms with Crippen LogP contribution in [-0.2, 0) is 17.8 Å². The number of carbonyl (C=O) groups excluding carboxylic acids is 2. The van der Waals surface area contributed by atoms with Gasteiger partial charge in [-0.25, -0.2) is 4.39 Å². The molecule has 0 unspecified atom stereocenters. The van der Waals surface area contributed by atoms with E-state index in [0.717, 1.165) is 11.1 Å². The van der Waals surface area contributed by atoms with Crippen molar-refractivity contribution in [3.63, 3.8) is 0 Å². The molecule has 5 nitrogen and oxygen atoms in total. The van der Waals surface area contributed by atoms with Crippen molar-refractivity contribution >= 4 is 17.5 Å². The lowest BCUT2D eigenvalue weighted by Gasteiger charge is -2.28. The summed E-state index contributed by atoms with van der Waals surface area (Å²) in [5, 5.41) is 2.65. The molecule has 0 bridgehead atoms. The predicted octanol–water partition coefficient (Wildman–Crippen LogP) is 3.16. The van der Waals surface area contributed by atoms with E-state index < -0.39 is 5.82 Å². The van der Waals surface area contributed by atoms with Gasteiger partial charge in [-0.05, 0) is 49.6 Å². The van der Waals surface area contributed by atoms with E-state index in [4.69, 9.17) is 0 Å². The third-order valence-corrected chi connectivity index (χ3v) is 4.28. The van der Waals surface area contributed by atoms with Crippen LogP contribution in [0.3, 0.4) is 0 Å². The first-order chi connectivity index (χ1) is 12.0. The summed E-state index contributed by atoms with van der Waals surface area (Å²) < 4.78 is 14.5. The normalized spacial score (nSPS) is 13.4. The van der Waals surface area contributed by atoms with Gasteiger partial charge in [0.05, 0.1) is 5.56 Å². The lowest BCUT2D eigenvalue weighted by molar-refractivity contribution is -0.116. The molecule has 0 aliphatic carbocycles. The van der Waals surface area contributed by atoms with Crippen molar-refractivity contribution in [2.24, 2.45) is 0 Å². The third-order valence-electron chi connectivity index (χ3n) is 4.28. The van der Waals surface area contributed by atoms with Crippen LogP contribution < -0.4 is 5.32 Å². The molecule has 0 atom stereocenters. The number of nitrogens with one attached hydrogen (secondary N) is 1. The van der Waals surface area contributed by atoms with Crippen LogP contribution in [0, 0.1) is 5.82 Å². The minimum atomic E-state index is -0.622. The molecule has 0 saturated carbocycles. The molecule has 6 heteroatoms. The molecule has 25 heavy (non-hydrogen) atoms. The van der Waals surface area contributed by atoms with Crippen LogP contribution in [-0.4, -0.2) is 27.7 Å². The van der Waals surface area contributed by atoms with E-state index in [9.17, 15) is 14.0 Å². The maximum atomic E-state index is 14.5. The van der Waals surface area contributed by atoms with Gasteiger partial charge in [0.15, 0.2) is 0 Å². The summed E-state index contributed by atoms with van der Waals surface area (Å²) >= 11 is 0. The van der Waals surface area contributed by atoms with Crippen LogP contribution in [0.4, 0.5) is 10.1 Å². The molecule has 0 fully saturated rings. The van der Waals surface area contributed by atoms with Gasteiger partial charge in [-0.1, -0.05) is 6.07 Å². The summed E-state index contributed by atoms with van der Waals surface area (Å²) in [7, 11) is 0. The van der Waals surface area contributed by atoms with Crippen LogP contribution in [0.2, 0.25) is 0 Å². The molecule has 1 aliphatic heterocycles. The zero-order valence-corrected chi connectivity index (χ0v) is 14.3. The summed E-state index contributed by atoms with van der Waals surface area (Å²) in [6.45, 7) is 4.15. The van der Waals surface area contributed by atoms with Gasteiger partial charge in [-0.3, -0.25) is 14.6 Å². The van der Waals surface area contributed by atoms with Gasteiger partial charge in [0.1, 0.15) is 5.82 Å². The van der Waals surface area contributed by atoms with Crippen molar-refractivity contribution in [3.8, 4) is 0 Å². The number of hydrogen-bond acceptors (Lipinski definition) is 3. The smallest absolute Gasteiger partial charge is 0.257 e. The number of pyridine rings is 1. The van der Waals surface area contributed by atoms with E-state index in [2.05, 4.69) is 10.3 Å². The highest BCUT2D eigenvalue weighted by Crippen LogP contribution is 2.27. The van der Waals surface area contributed by atoms with Crippen LogP contribution in [0.25, 0.3) is 0 Å². The molecule has 2 aromatic rings. The lowest BCUT2D eigenvalue weighted by atomic mass is 9.99. The number of fused-ring (bicyclic) bond motifs is 1. The topological polar surface area (TPSA) is 62.3 Å². The molecule has 0 radical (unpaired) electrons. The number of carbonyl (C=O) groups is 2. The zero-order chi connectivity index (χ0) is 18.0. The van der Waals surface area contributed by atoms with Crippen LogP contribution in [0.5, 0.6) is 0 Å². The molecule has 0 saturated heterocycles. The number of rotatable bonds is 4. The van der Waals surface area contributed by atoms with E-state index in [0.29, 0.717) is 25.1 Å². The molecule has 1 aromatic heterocycles. The Bertz CT molecular complexity index is 806. The summed E-state index contributed by atoms with van der Waals surface area (Å²) in [5.74, 6) is -1.12. The van der Waals surface area contributed by atoms with Gasteiger partial charge in [0, 0.05) is 37.1 Å². The number of aromatic nitrogens is 1. The Morgan fingerprint density at radius 2 is 2.16 bits per heavy atom. The van der Waals surface area contributed by atoms with Crippen molar-refractivity contribution in [1.82, 2.24) is 9.88 Å².